The maximum atomic E-state index is 13.2. The Morgan fingerprint density at radius 3 is 1.00 bits per heavy atom. The van der Waals surface area contributed by atoms with Crippen LogP contribution in [0.2, 0.25) is 0 Å². The van der Waals surface area contributed by atoms with Gasteiger partial charge in [-0.15, -0.1) is 12.4 Å². The molecule has 5 heteroatoms. The van der Waals surface area contributed by atoms with E-state index in [1.807, 2.05) is 0 Å². The zero-order valence-electron chi connectivity index (χ0n) is 28.8. The topological polar surface area (TPSA) is 66.4 Å². The van der Waals surface area contributed by atoms with Gasteiger partial charge in [-0.1, -0.05) is 168 Å². The number of carbonyl (C=O) groups excluding carboxylic acids is 2. The summed E-state index contributed by atoms with van der Waals surface area (Å²) in [5.41, 5.74) is -1.16. The fourth-order valence-corrected chi connectivity index (χ4v) is 5.81. The number of aliphatic hydroxyl groups excluding tert-OH is 1. The lowest BCUT2D eigenvalue weighted by Gasteiger charge is -2.29. The molecule has 1 unspecified atom stereocenters. The summed E-state index contributed by atoms with van der Waals surface area (Å²) in [5.74, 6) is 0.00170. The first kappa shape index (κ1) is 43.7. The van der Waals surface area contributed by atoms with Crippen molar-refractivity contribution in [3.63, 3.8) is 0 Å². The van der Waals surface area contributed by atoms with Crippen LogP contribution in [0.1, 0.15) is 207 Å². The van der Waals surface area contributed by atoms with Crippen LogP contribution in [0.4, 0.5) is 0 Å². The zero-order chi connectivity index (χ0) is 30.4. The van der Waals surface area contributed by atoms with Crippen LogP contribution in [-0.4, -0.2) is 34.9 Å². The van der Waals surface area contributed by atoms with E-state index in [1.54, 1.807) is 13.8 Å². The number of aliphatic hydroxyl groups is 1. The van der Waals surface area contributed by atoms with Crippen molar-refractivity contribution in [2.24, 2.45) is 0 Å². The van der Waals surface area contributed by atoms with E-state index in [1.165, 1.54) is 141 Å². The lowest BCUT2D eigenvalue weighted by Crippen LogP contribution is -2.57. The van der Waals surface area contributed by atoms with Crippen LogP contribution >= 0.6 is 12.4 Å². The van der Waals surface area contributed by atoms with E-state index >= 15 is 0 Å². The maximum Gasteiger partial charge on any atom is 0.160 e. The first-order valence-electron chi connectivity index (χ1n) is 18.4. The van der Waals surface area contributed by atoms with Gasteiger partial charge < -0.3 is 5.11 Å². The van der Waals surface area contributed by atoms with E-state index in [9.17, 15) is 14.7 Å². The van der Waals surface area contributed by atoms with E-state index in [0.29, 0.717) is 12.8 Å². The summed E-state index contributed by atoms with van der Waals surface area (Å²) < 4.78 is 0. The Balaban J connectivity index is 0. The summed E-state index contributed by atoms with van der Waals surface area (Å²) in [4.78, 5) is 26.4. The van der Waals surface area contributed by atoms with Crippen molar-refractivity contribution in [1.82, 2.24) is 5.32 Å². The Kier molecular flexibility index (Phi) is 33.2. The number of ketones is 2. The summed E-state index contributed by atoms with van der Waals surface area (Å²) in [6, 6.07) is 0. The van der Waals surface area contributed by atoms with Gasteiger partial charge in [-0.3, -0.25) is 14.9 Å². The first-order valence-corrected chi connectivity index (χ1v) is 18.4. The number of hydrogen-bond donors (Lipinski definition) is 2. The molecule has 0 aromatic rings. The predicted octanol–water partition coefficient (Wildman–Crippen LogP) is 11.2. The fraction of sp³-hybridized carbons (Fsp3) is 0.946. The Morgan fingerprint density at radius 2 is 0.762 bits per heavy atom. The van der Waals surface area contributed by atoms with Crippen LogP contribution in [0, 0.1) is 0 Å². The molecule has 0 radical (unpaired) electrons. The van der Waals surface area contributed by atoms with Crippen molar-refractivity contribution in [3.05, 3.63) is 0 Å². The Labute approximate surface area is 269 Å². The number of carbonyl (C=O) groups is 2. The second-order valence-electron chi connectivity index (χ2n) is 13.2. The van der Waals surface area contributed by atoms with Crippen molar-refractivity contribution in [3.8, 4) is 0 Å². The maximum absolute atomic E-state index is 13.2. The minimum Gasteiger partial charge on any atom is -0.392 e. The van der Waals surface area contributed by atoms with Crippen molar-refractivity contribution >= 4 is 24.0 Å². The molecule has 0 aliphatic rings. The van der Waals surface area contributed by atoms with Crippen LogP contribution in [0.25, 0.3) is 0 Å². The number of hydrogen-bond acceptors (Lipinski definition) is 4. The number of β-amino-alcohol motifs (C(OH)–C–C–N with tert-alkyl or cyclic N) is 1. The van der Waals surface area contributed by atoms with Crippen LogP contribution in [0.3, 0.4) is 0 Å². The molecule has 0 saturated carbocycles. The van der Waals surface area contributed by atoms with E-state index in [4.69, 9.17) is 0 Å². The second-order valence-corrected chi connectivity index (χ2v) is 13.2. The molecular formula is C37H74ClNO3. The van der Waals surface area contributed by atoms with Gasteiger partial charge in [-0.2, -0.15) is 0 Å². The van der Waals surface area contributed by atoms with Gasteiger partial charge in [-0.05, 0) is 26.7 Å². The molecule has 0 saturated heterocycles. The second kappa shape index (κ2) is 32.0. The van der Waals surface area contributed by atoms with Crippen LogP contribution in [0.15, 0.2) is 0 Å². The SMILES string of the molecule is CCCCCCCCCCCCCCCC(=O)C(C)(NCC(C)O)C(=O)CCCCCCCCCCCCCCC.Cl. The standard InChI is InChI=1S/C37H73NO3.ClH/c1-5-7-9-11-13-15-17-19-21-23-25-27-29-31-35(40)37(4,38-33-34(3)39)36(41)32-30-28-26-24-22-20-18-16-14-12-10-8-6-2;/h34,38-39H,5-33H2,1-4H3;1H. The minimum atomic E-state index is -1.16. The summed E-state index contributed by atoms with van der Waals surface area (Å²) in [5, 5.41) is 12.9. The molecule has 0 heterocycles. The highest BCUT2D eigenvalue weighted by Crippen LogP contribution is 2.19. The van der Waals surface area contributed by atoms with E-state index in [-0.39, 0.29) is 30.5 Å². The number of Topliss-reactive ketones (excluding diaryl/α,β-unsaturated/α-hetero) is 2. The average Bonchev–Trinajstić information content (AvgIpc) is 2.96. The molecule has 0 aliphatic carbocycles. The quantitative estimate of drug-likeness (QED) is 0.0569. The predicted molar refractivity (Wildman–Crippen MR) is 186 cm³/mol. The van der Waals surface area contributed by atoms with E-state index < -0.39 is 11.6 Å². The normalized spacial score (nSPS) is 12.3. The molecule has 0 aromatic heterocycles. The molecule has 42 heavy (non-hydrogen) atoms. The van der Waals surface area contributed by atoms with Gasteiger partial charge in [0.25, 0.3) is 0 Å². The summed E-state index contributed by atoms with van der Waals surface area (Å²) in [6.45, 7) is 8.26. The molecule has 0 bridgehead atoms. The number of halogens is 1. The highest BCUT2D eigenvalue weighted by molar-refractivity contribution is 6.11. The fourth-order valence-electron chi connectivity index (χ4n) is 5.81. The average molecular weight is 616 g/mol. The van der Waals surface area contributed by atoms with Crippen molar-refractivity contribution < 1.29 is 14.7 Å². The lowest BCUT2D eigenvalue weighted by molar-refractivity contribution is -0.136. The Morgan fingerprint density at radius 1 is 0.524 bits per heavy atom. The summed E-state index contributed by atoms with van der Waals surface area (Å²) in [7, 11) is 0. The number of unbranched alkanes of at least 4 members (excludes halogenated alkanes) is 24. The minimum absolute atomic E-state index is 0. The molecule has 0 aromatic carbocycles. The van der Waals surface area contributed by atoms with Gasteiger partial charge in [0.15, 0.2) is 11.6 Å². The molecule has 2 N–H and O–H groups in total. The van der Waals surface area contributed by atoms with Crippen LogP contribution < -0.4 is 5.32 Å². The zero-order valence-corrected chi connectivity index (χ0v) is 29.6. The number of nitrogens with one attached hydrogen (secondary N) is 1. The highest BCUT2D eigenvalue weighted by Gasteiger charge is 2.38. The lowest BCUT2D eigenvalue weighted by atomic mass is 9.85. The molecular weight excluding hydrogens is 542 g/mol. The van der Waals surface area contributed by atoms with Gasteiger partial charge in [0.2, 0.25) is 0 Å². The van der Waals surface area contributed by atoms with Gasteiger partial charge in [0.05, 0.1) is 6.10 Å². The van der Waals surface area contributed by atoms with E-state index in [0.717, 1.165) is 25.7 Å². The molecule has 0 rings (SSSR count). The molecule has 0 aliphatic heterocycles. The Hall–Kier alpha value is -0.450. The summed E-state index contributed by atoms with van der Waals surface area (Å²) >= 11 is 0. The van der Waals surface area contributed by atoms with Crippen molar-refractivity contribution in [2.75, 3.05) is 6.54 Å². The van der Waals surface area contributed by atoms with Crippen molar-refractivity contribution in [1.29, 1.82) is 0 Å². The highest BCUT2D eigenvalue weighted by atomic mass is 35.5. The van der Waals surface area contributed by atoms with Crippen molar-refractivity contribution in [2.45, 2.75) is 219 Å². The number of rotatable bonds is 33. The molecule has 0 fully saturated rings. The third kappa shape index (κ3) is 26.0. The largest absolute Gasteiger partial charge is 0.392 e. The first-order chi connectivity index (χ1) is 19.9. The van der Waals surface area contributed by atoms with Crippen LogP contribution in [0.5, 0.6) is 0 Å². The van der Waals surface area contributed by atoms with Crippen LogP contribution in [-0.2, 0) is 9.59 Å². The molecule has 252 valence electrons. The van der Waals surface area contributed by atoms with Gasteiger partial charge in [0.1, 0.15) is 5.54 Å². The molecule has 1 atom stereocenters. The van der Waals surface area contributed by atoms with Gasteiger partial charge >= 0.3 is 0 Å². The van der Waals surface area contributed by atoms with Gasteiger partial charge in [-0.25, -0.2) is 0 Å². The third-order valence-electron chi connectivity index (χ3n) is 8.88. The third-order valence-corrected chi connectivity index (χ3v) is 8.88. The molecule has 0 spiro atoms. The van der Waals surface area contributed by atoms with E-state index in [2.05, 4.69) is 19.2 Å². The van der Waals surface area contributed by atoms with Gasteiger partial charge in [0, 0.05) is 19.4 Å². The summed E-state index contributed by atoms with van der Waals surface area (Å²) in [6.07, 6.45) is 33.5. The molecule has 0 amide bonds. The Bertz CT molecular complexity index is 554. The smallest absolute Gasteiger partial charge is 0.160 e. The molecule has 4 nitrogen and oxygen atoms in total. The monoisotopic (exact) mass is 616 g/mol.